The number of rotatable bonds is 8. The number of benzene rings is 1. The van der Waals surface area contributed by atoms with Crippen molar-refractivity contribution < 1.29 is 26.4 Å². The highest BCUT2D eigenvalue weighted by Gasteiger charge is 2.26. The van der Waals surface area contributed by atoms with E-state index >= 15 is 0 Å². The lowest BCUT2D eigenvalue weighted by molar-refractivity contribution is 0.0551. The van der Waals surface area contributed by atoms with Gasteiger partial charge in [-0.2, -0.15) is 0 Å². The Labute approximate surface area is 158 Å². The number of carbonyl (C=O) groups is 1. The lowest BCUT2D eigenvalue weighted by atomic mass is 10.1. The minimum Gasteiger partial charge on any atom is -0.458 e. The fraction of sp³-hybridized carbons (Fsp3) is 0.353. The van der Waals surface area contributed by atoms with Crippen molar-refractivity contribution in [1.29, 1.82) is 0 Å². The van der Waals surface area contributed by atoms with Crippen LogP contribution in [-0.4, -0.2) is 44.9 Å². The normalized spacial score (nSPS) is 12.1. The second-order valence-corrected chi connectivity index (χ2v) is 9.87. The van der Waals surface area contributed by atoms with Crippen LogP contribution in [0.5, 0.6) is 0 Å². The lowest BCUT2D eigenvalue weighted by Crippen LogP contribution is -2.17. The molecule has 0 saturated heterocycles. The van der Waals surface area contributed by atoms with Crippen LogP contribution in [0.15, 0.2) is 30.9 Å². The van der Waals surface area contributed by atoms with Crippen LogP contribution in [0.3, 0.4) is 0 Å². The van der Waals surface area contributed by atoms with Crippen molar-refractivity contribution in [3.05, 3.63) is 42.1 Å². The summed E-state index contributed by atoms with van der Waals surface area (Å²) in [7, 11) is -7.22. The summed E-state index contributed by atoms with van der Waals surface area (Å²) in [5.74, 6) is -0.995. The molecule has 0 aliphatic heterocycles. The third kappa shape index (κ3) is 4.16. The van der Waals surface area contributed by atoms with Crippen LogP contribution in [0, 0.1) is 6.92 Å². The number of nitrogens with one attached hydrogen (secondary N) is 1. The number of sulfonamides is 1. The Morgan fingerprint density at radius 2 is 1.89 bits per heavy atom. The van der Waals surface area contributed by atoms with E-state index in [2.05, 4.69) is 11.3 Å². The molecule has 0 radical (unpaired) electrons. The van der Waals surface area contributed by atoms with Crippen LogP contribution in [0.4, 0.5) is 5.69 Å². The first-order chi connectivity index (χ1) is 12.6. The molecule has 1 aromatic heterocycles. The lowest BCUT2D eigenvalue weighted by Gasteiger charge is -2.09. The maximum Gasteiger partial charge on any atom is 0.340 e. The predicted molar refractivity (Wildman–Crippen MR) is 105 cm³/mol. The Kier molecular flexibility index (Phi) is 6.01. The van der Waals surface area contributed by atoms with E-state index in [0.717, 1.165) is 3.97 Å². The zero-order valence-electron chi connectivity index (χ0n) is 15.4. The van der Waals surface area contributed by atoms with Crippen LogP contribution in [0.1, 0.15) is 29.9 Å². The molecule has 1 aromatic carbocycles. The van der Waals surface area contributed by atoms with E-state index in [0.29, 0.717) is 0 Å². The van der Waals surface area contributed by atoms with E-state index in [1.807, 2.05) is 0 Å². The summed E-state index contributed by atoms with van der Waals surface area (Å²) >= 11 is 0. The Morgan fingerprint density at radius 3 is 2.44 bits per heavy atom. The van der Waals surface area contributed by atoms with Crippen molar-refractivity contribution in [2.45, 2.75) is 20.8 Å². The molecule has 148 valence electrons. The molecule has 1 heterocycles. The maximum atomic E-state index is 12.5. The molecule has 0 unspecified atom stereocenters. The van der Waals surface area contributed by atoms with Crippen molar-refractivity contribution in [3.8, 4) is 0 Å². The van der Waals surface area contributed by atoms with Gasteiger partial charge in [-0.05, 0) is 39.0 Å². The van der Waals surface area contributed by atoms with Gasteiger partial charge in [-0.15, -0.1) is 0 Å². The Hall–Kier alpha value is -2.33. The molecule has 0 aliphatic rings. The molecule has 2 aromatic rings. The Bertz CT molecular complexity index is 1100. The molecule has 0 atom stereocenters. The molecule has 2 rings (SSSR count). The number of hydrogen-bond donors (Lipinski definition) is 1. The first-order valence-electron chi connectivity index (χ1n) is 8.24. The zero-order valence-corrected chi connectivity index (χ0v) is 17.0. The molecule has 1 N–H and O–H groups in total. The Morgan fingerprint density at radius 1 is 1.22 bits per heavy atom. The van der Waals surface area contributed by atoms with Crippen molar-refractivity contribution in [1.82, 2.24) is 3.97 Å². The third-order valence-corrected chi connectivity index (χ3v) is 7.05. The number of hydrogen-bond acceptors (Lipinski definition) is 6. The van der Waals surface area contributed by atoms with Crippen molar-refractivity contribution in [2.75, 3.05) is 22.8 Å². The van der Waals surface area contributed by atoms with E-state index in [1.165, 1.54) is 45.0 Å². The second kappa shape index (κ2) is 7.73. The van der Waals surface area contributed by atoms with Gasteiger partial charge in [-0.3, -0.25) is 4.72 Å². The summed E-state index contributed by atoms with van der Waals surface area (Å²) < 4.78 is 57.3. The minimum absolute atomic E-state index is 0.0341. The zero-order chi connectivity index (χ0) is 20.4. The van der Waals surface area contributed by atoms with E-state index in [4.69, 9.17) is 4.74 Å². The number of aromatic nitrogens is 1. The number of carbonyl (C=O) groups excluding carboxylic acids is 1. The number of fused-ring (bicyclic) bond motifs is 1. The van der Waals surface area contributed by atoms with Gasteiger partial charge in [0.25, 0.3) is 0 Å². The van der Waals surface area contributed by atoms with E-state index < -0.39 is 26.0 Å². The predicted octanol–water partition coefficient (Wildman–Crippen LogP) is 2.25. The Balaban J connectivity index is 2.78. The molecular weight excluding hydrogens is 392 g/mol. The number of ether oxygens (including phenoxy) is 1. The van der Waals surface area contributed by atoms with Gasteiger partial charge >= 0.3 is 5.97 Å². The van der Waals surface area contributed by atoms with Gasteiger partial charge in [0.2, 0.25) is 20.0 Å². The molecule has 0 saturated carbocycles. The SMILES string of the molecule is C=CCOC(=O)c1c(C)n(S(=O)(=O)CC)c2ccc(NS(=O)(=O)CC)cc12. The van der Waals surface area contributed by atoms with Crippen LogP contribution in [0.2, 0.25) is 0 Å². The molecular formula is C17H22N2O6S2. The number of anilines is 1. The largest absolute Gasteiger partial charge is 0.458 e. The highest BCUT2D eigenvalue weighted by molar-refractivity contribution is 7.92. The first kappa shape index (κ1) is 21.0. The molecule has 8 nitrogen and oxygen atoms in total. The first-order valence-corrected chi connectivity index (χ1v) is 11.5. The molecule has 0 aliphatic carbocycles. The van der Waals surface area contributed by atoms with E-state index in [9.17, 15) is 21.6 Å². The standard InChI is InChI=1S/C17H22N2O6S2/c1-5-10-25-17(20)16-12(4)19(27(23,24)7-3)15-9-8-13(11-14(15)16)18-26(21,22)6-2/h5,8-9,11,18H,1,6-7,10H2,2-4H3. The monoisotopic (exact) mass is 414 g/mol. The van der Waals surface area contributed by atoms with Gasteiger partial charge in [0.05, 0.1) is 22.6 Å². The number of nitrogens with zero attached hydrogens (tertiary/aromatic N) is 1. The molecule has 0 spiro atoms. The average Bonchev–Trinajstić information content (AvgIpc) is 2.91. The van der Waals surface area contributed by atoms with Crippen molar-refractivity contribution in [3.63, 3.8) is 0 Å². The van der Waals surface area contributed by atoms with Crippen LogP contribution < -0.4 is 4.72 Å². The molecule has 0 bridgehead atoms. The summed E-state index contributed by atoms with van der Waals surface area (Å²) in [5, 5.41) is 0.287. The van der Waals surface area contributed by atoms with Gasteiger partial charge in [0, 0.05) is 16.8 Å². The van der Waals surface area contributed by atoms with Gasteiger partial charge in [-0.1, -0.05) is 12.7 Å². The van der Waals surface area contributed by atoms with E-state index in [1.54, 1.807) is 0 Å². The summed E-state index contributed by atoms with van der Waals surface area (Å²) in [6.45, 7) is 7.94. The molecule has 0 amide bonds. The molecule has 27 heavy (non-hydrogen) atoms. The fourth-order valence-corrected chi connectivity index (χ4v) is 4.51. The molecule has 10 heteroatoms. The van der Waals surface area contributed by atoms with Gasteiger partial charge in [0.1, 0.15) is 6.61 Å². The number of esters is 1. The molecule has 0 fully saturated rings. The third-order valence-electron chi connectivity index (χ3n) is 3.98. The second-order valence-electron chi connectivity index (χ2n) is 5.75. The topological polar surface area (TPSA) is 112 Å². The van der Waals surface area contributed by atoms with Gasteiger partial charge in [-0.25, -0.2) is 25.6 Å². The average molecular weight is 415 g/mol. The highest BCUT2D eigenvalue weighted by Crippen LogP contribution is 2.31. The summed E-state index contributed by atoms with van der Waals surface area (Å²) in [6.07, 6.45) is 1.40. The quantitative estimate of drug-likeness (QED) is 0.524. The van der Waals surface area contributed by atoms with Gasteiger partial charge < -0.3 is 4.74 Å². The van der Waals surface area contributed by atoms with Crippen LogP contribution in [0.25, 0.3) is 10.9 Å². The smallest absolute Gasteiger partial charge is 0.340 e. The van der Waals surface area contributed by atoms with Crippen molar-refractivity contribution >= 4 is 42.6 Å². The summed E-state index contributed by atoms with van der Waals surface area (Å²) in [6, 6.07) is 4.35. The maximum absolute atomic E-state index is 12.5. The van der Waals surface area contributed by atoms with Crippen LogP contribution >= 0.6 is 0 Å². The summed E-state index contributed by atoms with van der Waals surface area (Å²) in [4.78, 5) is 12.5. The minimum atomic E-state index is -3.69. The highest BCUT2D eigenvalue weighted by atomic mass is 32.2. The van der Waals surface area contributed by atoms with Crippen molar-refractivity contribution in [2.24, 2.45) is 0 Å². The summed E-state index contributed by atoms with van der Waals surface area (Å²) in [5.41, 5.74) is 0.783. The fourth-order valence-electron chi connectivity index (χ4n) is 2.66. The van der Waals surface area contributed by atoms with Crippen LogP contribution in [-0.2, 0) is 24.8 Å². The van der Waals surface area contributed by atoms with E-state index in [-0.39, 0.29) is 46.0 Å². The van der Waals surface area contributed by atoms with Gasteiger partial charge in [0.15, 0.2) is 0 Å².